The molecule has 1 aromatic heterocycles. The first kappa shape index (κ1) is 8.80. The van der Waals surface area contributed by atoms with Crippen molar-refractivity contribution in [2.24, 2.45) is 0 Å². The fourth-order valence-corrected chi connectivity index (χ4v) is 1.31. The van der Waals surface area contributed by atoms with Crippen molar-refractivity contribution < 1.29 is 14.6 Å². The molecule has 14 heavy (non-hydrogen) atoms. The molecule has 0 unspecified atom stereocenters. The lowest BCUT2D eigenvalue weighted by Gasteiger charge is -2.18. The molecule has 0 aliphatic carbocycles. The SMILES string of the molecule is O=C(O)Cc1ccc2c(n1)NCCO2. The van der Waals surface area contributed by atoms with Gasteiger partial charge in [-0.2, -0.15) is 0 Å². The van der Waals surface area contributed by atoms with Crippen molar-refractivity contribution in [1.29, 1.82) is 0 Å². The maximum absolute atomic E-state index is 10.4. The van der Waals surface area contributed by atoms with E-state index in [-0.39, 0.29) is 6.42 Å². The molecule has 1 aromatic rings. The highest BCUT2D eigenvalue weighted by atomic mass is 16.5. The van der Waals surface area contributed by atoms with Crippen LogP contribution in [0.15, 0.2) is 12.1 Å². The molecule has 2 N–H and O–H groups in total. The summed E-state index contributed by atoms with van der Waals surface area (Å²) in [5.74, 6) is 0.439. The lowest BCUT2D eigenvalue weighted by atomic mass is 10.2. The maximum Gasteiger partial charge on any atom is 0.309 e. The average Bonchev–Trinajstić information content (AvgIpc) is 2.17. The number of hydrogen-bond donors (Lipinski definition) is 2. The number of hydrogen-bond acceptors (Lipinski definition) is 4. The maximum atomic E-state index is 10.4. The molecule has 5 heteroatoms. The molecular weight excluding hydrogens is 184 g/mol. The van der Waals surface area contributed by atoms with Gasteiger partial charge in [0.1, 0.15) is 6.61 Å². The van der Waals surface area contributed by atoms with Crippen molar-refractivity contribution in [3.05, 3.63) is 17.8 Å². The Morgan fingerprint density at radius 3 is 3.29 bits per heavy atom. The Balaban J connectivity index is 2.24. The Morgan fingerprint density at radius 2 is 2.50 bits per heavy atom. The lowest BCUT2D eigenvalue weighted by molar-refractivity contribution is -0.136. The minimum absolute atomic E-state index is 0.0606. The third-order valence-electron chi connectivity index (χ3n) is 1.90. The molecule has 0 saturated heterocycles. The van der Waals surface area contributed by atoms with E-state index in [1.807, 2.05) is 0 Å². The topological polar surface area (TPSA) is 71.5 Å². The summed E-state index contributed by atoms with van der Waals surface area (Å²) in [5.41, 5.74) is 0.536. The second-order valence-corrected chi connectivity index (χ2v) is 3.00. The van der Waals surface area contributed by atoms with E-state index in [1.165, 1.54) is 0 Å². The van der Waals surface area contributed by atoms with Crippen LogP contribution in [0.5, 0.6) is 5.75 Å². The van der Waals surface area contributed by atoms with Gasteiger partial charge in [0.15, 0.2) is 11.6 Å². The van der Waals surface area contributed by atoms with Gasteiger partial charge < -0.3 is 15.2 Å². The highest BCUT2D eigenvalue weighted by Crippen LogP contribution is 2.24. The third-order valence-corrected chi connectivity index (χ3v) is 1.90. The average molecular weight is 194 g/mol. The molecule has 5 nitrogen and oxygen atoms in total. The standard InChI is InChI=1S/C9H10N2O3/c12-8(13)5-6-1-2-7-9(11-6)10-3-4-14-7/h1-2H,3-5H2,(H,10,11)(H,12,13). The largest absolute Gasteiger partial charge is 0.488 e. The molecule has 1 aliphatic heterocycles. The zero-order chi connectivity index (χ0) is 9.97. The lowest BCUT2D eigenvalue weighted by Crippen LogP contribution is -2.19. The van der Waals surface area contributed by atoms with Crippen molar-refractivity contribution >= 4 is 11.8 Å². The van der Waals surface area contributed by atoms with Crippen LogP contribution in [0.1, 0.15) is 5.69 Å². The van der Waals surface area contributed by atoms with Gasteiger partial charge in [-0.15, -0.1) is 0 Å². The van der Waals surface area contributed by atoms with Gasteiger partial charge in [-0.05, 0) is 12.1 Å². The summed E-state index contributed by atoms with van der Waals surface area (Å²) in [6, 6.07) is 3.41. The predicted octanol–water partition coefficient (Wildman–Crippen LogP) is 0.513. The molecule has 0 amide bonds. The van der Waals surface area contributed by atoms with Crippen LogP contribution in [-0.2, 0) is 11.2 Å². The van der Waals surface area contributed by atoms with Crippen LogP contribution in [0.25, 0.3) is 0 Å². The molecular formula is C9H10N2O3. The number of fused-ring (bicyclic) bond motifs is 1. The minimum atomic E-state index is -0.880. The Bertz CT molecular complexity index is 365. The summed E-state index contributed by atoms with van der Waals surface area (Å²) in [7, 11) is 0. The van der Waals surface area contributed by atoms with Crippen LogP contribution in [-0.4, -0.2) is 29.2 Å². The number of aliphatic carboxylic acids is 1. The molecule has 0 spiro atoms. The molecule has 2 rings (SSSR count). The number of ether oxygens (including phenoxy) is 1. The molecule has 2 heterocycles. The van der Waals surface area contributed by atoms with Gasteiger partial charge in [0.2, 0.25) is 0 Å². The number of carboxylic acids is 1. The first-order valence-electron chi connectivity index (χ1n) is 4.34. The van der Waals surface area contributed by atoms with Crippen LogP contribution < -0.4 is 10.1 Å². The molecule has 0 radical (unpaired) electrons. The fourth-order valence-electron chi connectivity index (χ4n) is 1.31. The number of rotatable bonds is 2. The van der Waals surface area contributed by atoms with Gasteiger partial charge in [-0.1, -0.05) is 0 Å². The van der Waals surface area contributed by atoms with Crippen molar-refractivity contribution in [2.75, 3.05) is 18.5 Å². The molecule has 0 saturated carbocycles. The molecule has 1 aliphatic rings. The Hall–Kier alpha value is -1.78. The zero-order valence-corrected chi connectivity index (χ0v) is 7.49. The second kappa shape index (κ2) is 3.53. The minimum Gasteiger partial charge on any atom is -0.488 e. The van der Waals surface area contributed by atoms with Crippen molar-refractivity contribution in [3.63, 3.8) is 0 Å². The number of carboxylic acid groups (broad SMARTS) is 1. The number of nitrogens with one attached hydrogen (secondary N) is 1. The predicted molar refractivity (Wildman–Crippen MR) is 49.6 cm³/mol. The smallest absolute Gasteiger partial charge is 0.309 e. The van der Waals surface area contributed by atoms with Gasteiger partial charge in [0.25, 0.3) is 0 Å². The Morgan fingerprint density at radius 1 is 1.64 bits per heavy atom. The number of pyridine rings is 1. The summed E-state index contributed by atoms with van der Waals surface area (Å²) < 4.78 is 5.31. The van der Waals surface area contributed by atoms with Crippen LogP contribution >= 0.6 is 0 Å². The third kappa shape index (κ3) is 1.76. The number of carbonyl (C=O) groups is 1. The highest BCUT2D eigenvalue weighted by Gasteiger charge is 2.12. The van der Waals surface area contributed by atoms with E-state index < -0.39 is 5.97 Å². The van der Waals surface area contributed by atoms with Crippen LogP contribution in [0.3, 0.4) is 0 Å². The molecule has 0 atom stereocenters. The van der Waals surface area contributed by atoms with Crippen molar-refractivity contribution in [2.45, 2.75) is 6.42 Å². The summed E-state index contributed by atoms with van der Waals surface area (Å²) in [5, 5.41) is 11.6. The molecule has 0 aromatic carbocycles. The fraction of sp³-hybridized carbons (Fsp3) is 0.333. The highest BCUT2D eigenvalue weighted by molar-refractivity contribution is 5.70. The van der Waals surface area contributed by atoms with Gasteiger partial charge in [-0.3, -0.25) is 4.79 Å². The van der Waals surface area contributed by atoms with Gasteiger partial charge in [-0.25, -0.2) is 4.98 Å². The quantitative estimate of drug-likeness (QED) is 0.717. The molecule has 0 fully saturated rings. The van der Waals surface area contributed by atoms with E-state index >= 15 is 0 Å². The van der Waals surface area contributed by atoms with Crippen LogP contribution in [0.4, 0.5) is 5.82 Å². The number of nitrogens with zero attached hydrogens (tertiary/aromatic N) is 1. The van der Waals surface area contributed by atoms with Gasteiger partial charge >= 0.3 is 5.97 Å². The van der Waals surface area contributed by atoms with Crippen molar-refractivity contribution in [1.82, 2.24) is 4.98 Å². The second-order valence-electron chi connectivity index (χ2n) is 3.00. The number of anilines is 1. The zero-order valence-electron chi connectivity index (χ0n) is 7.49. The summed E-state index contributed by atoms with van der Waals surface area (Å²) >= 11 is 0. The van der Waals surface area contributed by atoms with E-state index in [4.69, 9.17) is 9.84 Å². The summed E-state index contributed by atoms with van der Waals surface area (Å²) in [6.45, 7) is 1.32. The molecule has 0 bridgehead atoms. The van der Waals surface area contributed by atoms with Crippen LogP contribution in [0.2, 0.25) is 0 Å². The van der Waals surface area contributed by atoms with Crippen molar-refractivity contribution in [3.8, 4) is 5.75 Å². The molecule has 74 valence electrons. The first-order valence-corrected chi connectivity index (χ1v) is 4.34. The summed E-state index contributed by atoms with van der Waals surface area (Å²) in [6.07, 6.45) is -0.0606. The Labute approximate surface area is 80.7 Å². The van der Waals surface area contributed by atoms with Crippen LogP contribution in [0, 0.1) is 0 Å². The number of aromatic nitrogens is 1. The first-order chi connectivity index (χ1) is 6.75. The van der Waals surface area contributed by atoms with E-state index in [1.54, 1.807) is 12.1 Å². The van der Waals surface area contributed by atoms with E-state index in [0.29, 0.717) is 30.4 Å². The van der Waals surface area contributed by atoms with E-state index in [2.05, 4.69) is 10.3 Å². The van der Waals surface area contributed by atoms with Gasteiger partial charge in [0, 0.05) is 0 Å². The summed E-state index contributed by atoms with van der Waals surface area (Å²) in [4.78, 5) is 14.6. The van der Waals surface area contributed by atoms with E-state index in [0.717, 1.165) is 0 Å². The van der Waals surface area contributed by atoms with Gasteiger partial charge in [0.05, 0.1) is 18.7 Å². The normalized spacial score (nSPS) is 13.7. The Kier molecular flexibility index (Phi) is 2.22. The monoisotopic (exact) mass is 194 g/mol. The van der Waals surface area contributed by atoms with E-state index in [9.17, 15) is 4.79 Å².